The summed E-state index contributed by atoms with van der Waals surface area (Å²) in [5.74, 6) is 1.13. The van der Waals surface area contributed by atoms with Gasteiger partial charge in [-0.3, -0.25) is 9.59 Å². The van der Waals surface area contributed by atoms with Crippen LogP contribution in [0.15, 0.2) is 42.7 Å². The molecule has 0 unspecified atom stereocenters. The molecule has 2 aliphatic heterocycles. The standard InChI is InChI=1S/C23H26N4O3/c28-21(26-18-5-6-18)13-17-14-23(30-20-4-2-1-3-19(17)20)8-11-27(12-9-23)22(29)16-7-10-24-25-15-16/h1-4,7,10,15,17-18H,5-6,8-9,11-14H2,(H,26,28)/t17-/m0/s1. The van der Waals surface area contributed by atoms with Crippen molar-refractivity contribution in [2.45, 2.75) is 56.1 Å². The number of nitrogens with zero attached hydrogens (tertiary/aromatic N) is 3. The first-order chi connectivity index (χ1) is 14.6. The SMILES string of the molecule is O=C(C[C@H]1CC2(CCN(C(=O)c3ccnnc3)CC2)Oc2ccccc21)NC1CC1. The first-order valence-corrected chi connectivity index (χ1v) is 10.8. The normalized spacial score (nSPS) is 22.1. The number of carbonyl (C=O) groups excluding carboxylic acids is 2. The van der Waals surface area contributed by atoms with E-state index in [-0.39, 0.29) is 23.3 Å². The molecule has 7 heteroatoms. The molecule has 1 spiro atoms. The van der Waals surface area contributed by atoms with Crippen LogP contribution in [0.4, 0.5) is 0 Å². The highest BCUT2D eigenvalue weighted by Crippen LogP contribution is 2.46. The number of rotatable bonds is 4. The van der Waals surface area contributed by atoms with Gasteiger partial charge in [0.15, 0.2) is 0 Å². The number of amides is 2. The molecule has 1 saturated heterocycles. The zero-order valence-electron chi connectivity index (χ0n) is 16.9. The summed E-state index contributed by atoms with van der Waals surface area (Å²) in [5.41, 5.74) is 1.35. The zero-order valence-corrected chi connectivity index (χ0v) is 16.9. The number of hydrogen-bond acceptors (Lipinski definition) is 5. The van der Waals surface area contributed by atoms with E-state index in [0.717, 1.165) is 43.4 Å². The Hall–Kier alpha value is -2.96. The molecule has 1 aromatic heterocycles. The average Bonchev–Trinajstić information content (AvgIpc) is 3.58. The molecule has 7 nitrogen and oxygen atoms in total. The molecule has 3 aliphatic rings. The van der Waals surface area contributed by atoms with Gasteiger partial charge in [-0.1, -0.05) is 18.2 Å². The summed E-state index contributed by atoms with van der Waals surface area (Å²) in [6.45, 7) is 1.26. The van der Waals surface area contributed by atoms with E-state index >= 15 is 0 Å². The number of para-hydroxylation sites is 1. The lowest BCUT2D eigenvalue weighted by molar-refractivity contribution is -0.122. The predicted octanol–water partition coefficient (Wildman–Crippen LogP) is 2.69. The summed E-state index contributed by atoms with van der Waals surface area (Å²) in [5, 5.41) is 10.7. The Kier molecular flexibility index (Phi) is 4.89. The van der Waals surface area contributed by atoms with Gasteiger partial charge in [-0.15, -0.1) is 0 Å². The van der Waals surface area contributed by atoms with E-state index in [2.05, 4.69) is 21.6 Å². The Bertz CT molecular complexity index is 936. The van der Waals surface area contributed by atoms with Crippen molar-refractivity contribution in [3.8, 4) is 5.75 Å². The zero-order chi connectivity index (χ0) is 20.6. The molecule has 2 aromatic rings. The van der Waals surface area contributed by atoms with Crippen LogP contribution in [0, 0.1) is 0 Å². The van der Waals surface area contributed by atoms with Gasteiger partial charge in [-0.2, -0.15) is 10.2 Å². The average molecular weight is 406 g/mol. The summed E-state index contributed by atoms with van der Waals surface area (Å²) in [4.78, 5) is 27.1. The van der Waals surface area contributed by atoms with Crippen LogP contribution in [-0.2, 0) is 4.79 Å². The first-order valence-electron chi connectivity index (χ1n) is 10.8. The summed E-state index contributed by atoms with van der Waals surface area (Å²) in [7, 11) is 0. The smallest absolute Gasteiger partial charge is 0.255 e. The summed E-state index contributed by atoms with van der Waals surface area (Å²) in [6.07, 6.45) is 8.04. The van der Waals surface area contributed by atoms with E-state index in [9.17, 15) is 9.59 Å². The van der Waals surface area contributed by atoms with E-state index in [1.165, 1.54) is 12.4 Å². The molecule has 1 aliphatic carbocycles. The molecule has 1 atom stereocenters. The number of carbonyl (C=O) groups is 2. The maximum Gasteiger partial charge on any atom is 0.255 e. The molecule has 0 bridgehead atoms. The lowest BCUT2D eigenvalue weighted by Crippen LogP contribution is -2.52. The van der Waals surface area contributed by atoms with Gasteiger partial charge in [0.25, 0.3) is 5.91 Å². The van der Waals surface area contributed by atoms with Gasteiger partial charge >= 0.3 is 0 Å². The van der Waals surface area contributed by atoms with Crippen molar-refractivity contribution in [1.82, 2.24) is 20.4 Å². The van der Waals surface area contributed by atoms with Crippen LogP contribution in [0.5, 0.6) is 5.75 Å². The van der Waals surface area contributed by atoms with E-state index in [4.69, 9.17) is 4.74 Å². The number of nitrogens with one attached hydrogen (secondary N) is 1. The number of ether oxygens (including phenoxy) is 1. The second kappa shape index (κ2) is 7.70. The molecule has 1 N–H and O–H groups in total. The van der Waals surface area contributed by atoms with Crippen LogP contribution in [-0.4, -0.2) is 51.6 Å². The van der Waals surface area contributed by atoms with Crippen molar-refractivity contribution in [1.29, 1.82) is 0 Å². The minimum absolute atomic E-state index is 0.0173. The van der Waals surface area contributed by atoms with E-state index in [1.807, 2.05) is 23.1 Å². The molecule has 1 aromatic carbocycles. The lowest BCUT2D eigenvalue weighted by Gasteiger charge is -2.47. The summed E-state index contributed by atoms with van der Waals surface area (Å²) < 4.78 is 6.51. The number of piperidine rings is 1. The fourth-order valence-electron chi connectivity index (χ4n) is 4.69. The Morgan fingerprint density at radius 3 is 2.67 bits per heavy atom. The van der Waals surface area contributed by atoms with Crippen molar-refractivity contribution in [3.05, 3.63) is 53.9 Å². The monoisotopic (exact) mass is 406 g/mol. The van der Waals surface area contributed by atoms with Gasteiger partial charge in [-0.05, 0) is 37.0 Å². The summed E-state index contributed by atoms with van der Waals surface area (Å²) in [6, 6.07) is 10.1. The molecule has 5 rings (SSSR count). The van der Waals surface area contributed by atoms with Gasteiger partial charge in [0, 0.05) is 44.3 Å². The lowest BCUT2D eigenvalue weighted by atomic mass is 9.76. The van der Waals surface area contributed by atoms with Crippen LogP contribution in [0.1, 0.15) is 60.4 Å². The number of hydrogen-bond donors (Lipinski definition) is 1. The highest BCUT2D eigenvalue weighted by Gasteiger charge is 2.44. The number of benzene rings is 1. The molecule has 0 radical (unpaired) electrons. The number of fused-ring (bicyclic) bond motifs is 1. The maximum atomic E-state index is 12.8. The van der Waals surface area contributed by atoms with Crippen LogP contribution in [0.25, 0.3) is 0 Å². The Morgan fingerprint density at radius 2 is 1.93 bits per heavy atom. The topological polar surface area (TPSA) is 84.4 Å². The van der Waals surface area contributed by atoms with E-state index in [1.54, 1.807) is 6.07 Å². The third-order valence-corrected chi connectivity index (χ3v) is 6.47. The molecule has 2 amide bonds. The van der Waals surface area contributed by atoms with Crippen molar-refractivity contribution >= 4 is 11.8 Å². The van der Waals surface area contributed by atoms with Gasteiger partial charge in [0.05, 0.1) is 18.0 Å². The molecule has 2 fully saturated rings. The number of aromatic nitrogens is 2. The van der Waals surface area contributed by atoms with E-state index < -0.39 is 0 Å². The minimum atomic E-state index is -0.327. The fourth-order valence-corrected chi connectivity index (χ4v) is 4.69. The van der Waals surface area contributed by atoms with E-state index in [0.29, 0.717) is 31.1 Å². The van der Waals surface area contributed by atoms with Crippen LogP contribution < -0.4 is 10.1 Å². The van der Waals surface area contributed by atoms with Gasteiger partial charge in [0.2, 0.25) is 5.91 Å². The second-order valence-corrected chi connectivity index (χ2v) is 8.69. The quantitative estimate of drug-likeness (QED) is 0.844. The Balaban J connectivity index is 1.30. The van der Waals surface area contributed by atoms with Gasteiger partial charge in [-0.25, -0.2) is 0 Å². The molecule has 156 valence electrons. The largest absolute Gasteiger partial charge is 0.487 e. The van der Waals surface area contributed by atoms with Crippen LogP contribution >= 0.6 is 0 Å². The fraction of sp³-hybridized carbons (Fsp3) is 0.478. The predicted molar refractivity (Wildman–Crippen MR) is 110 cm³/mol. The van der Waals surface area contributed by atoms with Gasteiger partial charge < -0.3 is 15.0 Å². The third-order valence-electron chi connectivity index (χ3n) is 6.47. The Labute approximate surface area is 175 Å². The molecule has 3 heterocycles. The highest BCUT2D eigenvalue weighted by atomic mass is 16.5. The summed E-state index contributed by atoms with van der Waals surface area (Å²) >= 11 is 0. The van der Waals surface area contributed by atoms with Crippen molar-refractivity contribution in [3.63, 3.8) is 0 Å². The van der Waals surface area contributed by atoms with Gasteiger partial charge in [0.1, 0.15) is 11.4 Å². The van der Waals surface area contributed by atoms with Crippen molar-refractivity contribution in [2.24, 2.45) is 0 Å². The second-order valence-electron chi connectivity index (χ2n) is 8.69. The molecule has 30 heavy (non-hydrogen) atoms. The van der Waals surface area contributed by atoms with Crippen LogP contribution in [0.3, 0.4) is 0 Å². The minimum Gasteiger partial charge on any atom is -0.487 e. The number of likely N-dealkylation sites (tertiary alicyclic amines) is 1. The van der Waals surface area contributed by atoms with Crippen molar-refractivity contribution in [2.75, 3.05) is 13.1 Å². The first kappa shape index (κ1) is 19.0. The molecular formula is C23H26N4O3. The van der Waals surface area contributed by atoms with Crippen LogP contribution in [0.2, 0.25) is 0 Å². The maximum absolute atomic E-state index is 12.8. The van der Waals surface area contributed by atoms with Crippen molar-refractivity contribution < 1.29 is 14.3 Å². The highest BCUT2D eigenvalue weighted by molar-refractivity contribution is 5.93. The molecular weight excluding hydrogens is 380 g/mol. The molecule has 1 saturated carbocycles. The Morgan fingerprint density at radius 1 is 1.13 bits per heavy atom. The third kappa shape index (κ3) is 3.88.